The lowest BCUT2D eigenvalue weighted by molar-refractivity contribution is 0.352. The minimum absolute atomic E-state index is 0.300. The zero-order chi connectivity index (χ0) is 22.6. The van der Waals surface area contributed by atoms with Crippen LogP contribution < -0.4 is 10.6 Å². The fourth-order valence-electron chi connectivity index (χ4n) is 4.06. The summed E-state index contributed by atoms with van der Waals surface area (Å²) in [6.07, 6.45) is 6.12. The summed E-state index contributed by atoms with van der Waals surface area (Å²) in [7, 11) is 0. The number of anilines is 3. The van der Waals surface area contributed by atoms with Crippen molar-refractivity contribution in [2.24, 2.45) is 0 Å². The van der Waals surface area contributed by atoms with Gasteiger partial charge >= 0.3 is 0 Å². The molecular weight excluding hydrogens is 422 g/mol. The van der Waals surface area contributed by atoms with Gasteiger partial charge in [-0.15, -0.1) is 0 Å². The van der Waals surface area contributed by atoms with Gasteiger partial charge < -0.3 is 15.5 Å². The van der Waals surface area contributed by atoms with Gasteiger partial charge in [-0.25, -0.2) is 23.7 Å². The van der Waals surface area contributed by atoms with E-state index in [1.165, 1.54) is 32.0 Å². The molecule has 1 aliphatic heterocycles. The first-order valence-electron chi connectivity index (χ1n) is 11.1. The zero-order valence-corrected chi connectivity index (χ0v) is 18.1. The Labute approximate surface area is 190 Å². The van der Waals surface area contributed by atoms with E-state index in [9.17, 15) is 8.78 Å². The SMILES string of the molecule is Fc1ccc(Nc2ncc3cccc(-c4ccc(NCCN5CCCC5)nc4)c3n2)cc1F. The largest absolute Gasteiger partial charge is 0.369 e. The molecule has 1 saturated heterocycles. The minimum atomic E-state index is -0.929. The summed E-state index contributed by atoms with van der Waals surface area (Å²) >= 11 is 0. The highest BCUT2D eigenvalue weighted by atomic mass is 19.2. The van der Waals surface area contributed by atoms with E-state index in [1.807, 2.05) is 36.5 Å². The number of pyridine rings is 1. The summed E-state index contributed by atoms with van der Waals surface area (Å²) in [5.41, 5.74) is 2.97. The Morgan fingerprint density at radius 2 is 1.79 bits per heavy atom. The van der Waals surface area contributed by atoms with Crippen LogP contribution in [0.15, 0.2) is 60.9 Å². The molecule has 3 heterocycles. The van der Waals surface area contributed by atoms with Crippen LogP contribution in [0.2, 0.25) is 0 Å². The average Bonchev–Trinajstić information content (AvgIpc) is 3.35. The highest BCUT2D eigenvalue weighted by Gasteiger charge is 2.11. The lowest BCUT2D eigenvalue weighted by Crippen LogP contribution is -2.26. The summed E-state index contributed by atoms with van der Waals surface area (Å²) in [5, 5.41) is 7.20. The van der Waals surface area contributed by atoms with E-state index < -0.39 is 11.6 Å². The Kier molecular flexibility index (Phi) is 6.08. The Bertz CT molecular complexity index is 1260. The second-order valence-electron chi connectivity index (χ2n) is 8.10. The van der Waals surface area contributed by atoms with E-state index in [2.05, 4.69) is 30.5 Å². The topological polar surface area (TPSA) is 66.0 Å². The van der Waals surface area contributed by atoms with Gasteiger partial charge in [-0.2, -0.15) is 0 Å². The molecule has 0 atom stereocenters. The summed E-state index contributed by atoms with van der Waals surface area (Å²) in [5.74, 6) is -0.687. The second-order valence-corrected chi connectivity index (χ2v) is 8.10. The third kappa shape index (κ3) is 4.90. The van der Waals surface area contributed by atoms with Gasteiger partial charge in [0.25, 0.3) is 0 Å². The maximum Gasteiger partial charge on any atom is 0.227 e. The van der Waals surface area contributed by atoms with E-state index in [0.29, 0.717) is 11.6 Å². The number of likely N-dealkylation sites (tertiary alicyclic amines) is 1. The first-order valence-corrected chi connectivity index (χ1v) is 11.1. The normalized spacial score (nSPS) is 14.0. The molecule has 8 heteroatoms. The van der Waals surface area contributed by atoms with Crippen molar-refractivity contribution < 1.29 is 8.78 Å². The molecule has 0 radical (unpaired) electrons. The maximum absolute atomic E-state index is 13.5. The molecule has 0 bridgehead atoms. The van der Waals surface area contributed by atoms with Crippen LogP contribution in [-0.2, 0) is 0 Å². The van der Waals surface area contributed by atoms with Crippen LogP contribution in [-0.4, -0.2) is 46.0 Å². The molecule has 1 fully saturated rings. The molecule has 0 unspecified atom stereocenters. The first-order chi connectivity index (χ1) is 16.2. The zero-order valence-electron chi connectivity index (χ0n) is 18.1. The van der Waals surface area contributed by atoms with Gasteiger partial charge in [-0.3, -0.25) is 0 Å². The van der Waals surface area contributed by atoms with Crippen molar-refractivity contribution in [1.29, 1.82) is 0 Å². The van der Waals surface area contributed by atoms with Crippen molar-refractivity contribution in [2.45, 2.75) is 12.8 Å². The van der Waals surface area contributed by atoms with E-state index in [0.717, 1.165) is 53.1 Å². The van der Waals surface area contributed by atoms with Crippen LogP contribution in [0.25, 0.3) is 22.0 Å². The molecule has 2 aromatic heterocycles. The van der Waals surface area contributed by atoms with Crippen molar-refractivity contribution in [3.63, 3.8) is 0 Å². The molecule has 0 amide bonds. The van der Waals surface area contributed by atoms with Crippen molar-refractivity contribution in [2.75, 3.05) is 36.8 Å². The monoisotopic (exact) mass is 446 g/mol. The van der Waals surface area contributed by atoms with E-state index in [-0.39, 0.29) is 0 Å². The first kappa shape index (κ1) is 21.2. The fraction of sp³-hybridized carbons (Fsp3) is 0.240. The molecule has 4 aromatic rings. The number of nitrogens with one attached hydrogen (secondary N) is 2. The number of fused-ring (bicyclic) bond motifs is 1. The molecule has 2 aromatic carbocycles. The van der Waals surface area contributed by atoms with E-state index in [1.54, 1.807) is 6.20 Å². The second kappa shape index (κ2) is 9.46. The Morgan fingerprint density at radius 1 is 0.909 bits per heavy atom. The lowest BCUT2D eigenvalue weighted by atomic mass is 10.0. The molecular formula is C25H24F2N6. The number of halogens is 2. The third-order valence-corrected chi connectivity index (χ3v) is 5.79. The van der Waals surface area contributed by atoms with Gasteiger partial charge in [-0.05, 0) is 50.2 Å². The number of aromatic nitrogens is 3. The van der Waals surface area contributed by atoms with Crippen molar-refractivity contribution >= 4 is 28.4 Å². The number of hydrogen-bond donors (Lipinski definition) is 2. The van der Waals surface area contributed by atoms with Crippen LogP contribution in [0.5, 0.6) is 0 Å². The molecule has 33 heavy (non-hydrogen) atoms. The Hall–Kier alpha value is -3.65. The number of rotatable bonds is 7. The van der Waals surface area contributed by atoms with Crippen LogP contribution in [0.4, 0.5) is 26.2 Å². The minimum Gasteiger partial charge on any atom is -0.369 e. The molecule has 6 nitrogen and oxygen atoms in total. The van der Waals surface area contributed by atoms with Crippen molar-refractivity contribution in [3.8, 4) is 11.1 Å². The highest BCUT2D eigenvalue weighted by Crippen LogP contribution is 2.28. The number of benzene rings is 2. The van der Waals surface area contributed by atoms with Gasteiger partial charge in [0.2, 0.25) is 5.95 Å². The number of nitrogens with zero attached hydrogens (tertiary/aromatic N) is 4. The van der Waals surface area contributed by atoms with E-state index >= 15 is 0 Å². The summed E-state index contributed by atoms with van der Waals surface area (Å²) in [6.45, 7) is 4.26. The third-order valence-electron chi connectivity index (χ3n) is 5.79. The van der Waals surface area contributed by atoms with E-state index in [4.69, 9.17) is 0 Å². The molecule has 2 N–H and O–H groups in total. The molecule has 0 saturated carbocycles. The maximum atomic E-state index is 13.5. The van der Waals surface area contributed by atoms with Gasteiger partial charge in [-0.1, -0.05) is 18.2 Å². The Balaban J connectivity index is 1.34. The van der Waals surface area contributed by atoms with Crippen LogP contribution in [0.1, 0.15) is 12.8 Å². The molecule has 0 aliphatic carbocycles. The van der Waals surface area contributed by atoms with Crippen molar-refractivity contribution in [3.05, 3.63) is 72.6 Å². The molecule has 1 aliphatic rings. The Morgan fingerprint density at radius 3 is 2.58 bits per heavy atom. The predicted molar refractivity (Wildman–Crippen MR) is 127 cm³/mol. The summed E-state index contributed by atoms with van der Waals surface area (Å²) < 4.78 is 26.7. The summed E-state index contributed by atoms with van der Waals surface area (Å²) in [4.78, 5) is 16.0. The smallest absolute Gasteiger partial charge is 0.227 e. The van der Waals surface area contributed by atoms with Crippen LogP contribution >= 0.6 is 0 Å². The van der Waals surface area contributed by atoms with Crippen LogP contribution in [0.3, 0.4) is 0 Å². The van der Waals surface area contributed by atoms with Gasteiger partial charge in [0, 0.05) is 53.8 Å². The molecule has 0 spiro atoms. The van der Waals surface area contributed by atoms with Crippen molar-refractivity contribution in [1.82, 2.24) is 19.9 Å². The fourth-order valence-corrected chi connectivity index (χ4v) is 4.06. The quantitative estimate of drug-likeness (QED) is 0.406. The predicted octanol–water partition coefficient (Wildman–Crippen LogP) is 5.22. The highest BCUT2D eigenvalue weighted by molar-refractivity contribution is 5.93. The van der Waals surface area contributed by atoms with Gasteiger partial charge in [0.1, 0.15) is 5.82 Å². The number of para-hydroxylation sites is 1. The van der Waals surface area contributed by atoms with Gasteiger partial charge in [0.15, 0.2) is 11.6 Å². The lowest BCUT2D eigenvalue weighted by Gasteiger charge is -2.15. The average molecular weight is 447 g/mol. The molecule has 5 rings (SSSR count). The van der Waals surface area contributed by atoms with Gasteiger partial charge in [0.05, 0.1) is 5.52 Å². The standard InChI is InChI=1S/C25H24F2N6/c26-21-8-7-19(14-22(21)27)31-25-30-16-18-4-3-5-20(24(18)32-25)17-6-9-23(29-15-17)28-10-13-33-11-1-2-12-33/h3-9,14-16H,1-2,10-13H2,(H,28,29)(H,30,31,32). The molecule has 168 valence electrons. The summed E-state index contributed by atoms with van der Waals surface area (Å²) in [6, 6.07) is 13.4. The number of hydrogen-bond acceptors (Lipinski definition) is 6. The van der Waals surface area contributed by atoms with Crippen LogP contribution in [0, 0.1) is 11.6 Å².